The first-order chi connectivity index (χ1) is 14.4. The molecule has 0 saturated carbocycles. The maximum atomic E-state index is 13.0. The van der Waals surface area contributed by atoms with E-state index in [-0.39, 0.29) is 12.3 Å². The van der Waals surface area contributed by atoms with Gasteiger partial charge in [0.2, 0.25) is 17.7 Å². The molecule has 1 rings (SSSR count). The minimum absolute atomic E-state index is 0.128. The molecule has 0 fully saturated rings. The van der Waals surface area contributed by atoms with Crippen molar-refractivity contribution in [3.8, 4) is 0 Å². The summed E-state index contributed by atoms with van der Waals surface area (Å²) in [7, 11) is 0. The fourth-order valence-electron chi connectivity index (χ4n) is 2.70. The molecular weight excluding hydrogens is 404 g/mol. The first kappa shape index (κ1) is 26.1. The standard InChI is InChI=1S/C21H32N4O6/c1-11(2)17(20(29)23-12(3)21(30)31)25-18(27)15(10-14-8-6-5-7-9-14)24-19(28)16(22)13(4)26/h5-9,11-13,15-17,26H,10,22H2,1-4H3,(H,23,29)(H,24,28)(H,25,27)(H,30,31). The monoisotopic (exact) mass is 436 g/mol. The lowest BCUT2D eigenvalue weighted by molar-refractivity contribution is -0.142. The van der Waals surface area contributed by atoms with Gasteiger partial charge in [-0.25, -0.2) is 0 Å². The number of carbonyl (C=O) groups is 4. The van der Waals surface area contributed by atoms with Crippen LogP contribution >= 0.6 is 0 Å². The number of aliphatic hydroxyl groups is 1. The van der Waals surface area contributed by atoms with Crippen LogP contribution in [-0.4, -0.2) is 64.2 Å². The van der Waals surface area contributed by atoms with Crippen molar-refractivity contribution in [1.82, 2.24) is 16.0 Å². The van der Waals surface area contributed by atoms with Crippen molar-refractivity contribution in [3.05, 3.63) is 35.9 Å². The number of hydrogen-bond acceptors (Lipinski definition) is 6. The molecule has 5 unspecified atom stereocenters. The normalized spacial score (nSPS) is 15.8. The Morgan fingerprint density at radius 3 is 1.97 bits per heavy atom. The van der Waals surface area contributed by atoms with Crippen molar-refractivity contribution in [2.24, 2.45) is 11.7 Å². The van der Waals surface area contributed by atoms with Crippen molar-refractivity contribution in [1.29, 1.82) is 0 Å². The molecule has 0 aromatic heterocycles. The van der Waals surface area contributed by atoms with Crippen LogP contribution in [0.15, 0.2) is 30.3 Å². The van der Waals surface area contributed by atoms with Gasteiger partial charge in [-0.15, -0.1) is 0 Å². The van der Waals surface area contributed by atoms with Crippen LogP contribution in [0.1, 0.15) is 33.3 Å². The fourth-order valence-corrected chi connectivity index (χ4v) is 2.70. The molecule has 0 saturated heterocycles. The molecule has 1 aromatic rings. The molecule has 31 heavy (non-hydrogen) atoms. The number of aliphatic carboxylic acids is 1. The quantitative estimate of drug-likeness (QED) is 0.262. The summed E-state index contributed by atoms with van der Waals surface area (Å²) >= 11 is 0. The Hall–Kier alpha value is -2.98. The lowest BCUT2D eigenvalue weighted by atomic mass is 10.0. The molecule has 3 amide bonds. The van der Waals surface area contributed by atoms with Gasteiger partial charge in [0.25, 0.3) is 0 Å². The minimum atomic E-state index is -1.23. The van der Waals surface area contributed by atoms with E-state index in [4.69, 9.17) is 10.8 Å². The summed E-state index contributed by atoms with van der Waals surface area (Å²) in [4.78, 5) is 48.9. The van der Waals surface area contributed by atoms with E-state index in [1.807, 2.05) is 6.07 Å². The first-order valence-corrected chi connectivity index (χ1v) is 10.1. The van der Waals surface area contributed by atoms with Crippen LogP contribution in [0.4, 0.5) is 0 Å². The summed E-state index contributed by atoms with van der Waals surface area (Å²) in [6.45, 7) is 6.07. The summed E-state index contributed by atoms with van der Waals surface area (Å²) in [6.07, 6.45) is -0.991. The van der Waals surface area contributed by atoms with Gasteiger partial charge in [-0.2, -0.15) is 0 Å². The van der Waals surface area contributed by atoms with E-state index < -0.39 is 54.0 Å². The predicted octanol–water partition coefficient (Wildman–Crippen LogP) is -0.848. The highest BCUT2D eigenvalue weighted by atomic mass is 16.4. The van der Waals surface area contributed by atoms with Crippen molar-refractivity contribution in [2.75, 3.05) is 0 Å². The Morgan fingerprint density at radius 1 is 0.903 bits per heavy atom. The van der Waals surface area contributed by atoms with Gasteiger partial charge >= 0.3 is 5.97 Å². The molecule has 0 radical (unpaired) electrons. The zero-order valence-electron chi connectivity index (χ0n) is 18.2. The number of benzene rings is 1. The smallest absolute Gasteiger partial charge is 0.325 e. The molecule has 0 heterocycles. The Kier molecular flexibility index (Phi) is 10.1. The molecular formula is C21H32N4O6. The van der Waals surface area contributed by atoms with E-state index >= 15 is 0 Å². The van der Waals surface area contributed by atoms with E-state index in [1.54, 1.807) is 38.1 Å². The van der Waals surface area contributed by atoms with Crippen molar-refractivity contribution in [2.45, 2.75) is 64.4 Å². The second kappa shape index (κ2) is 12.0. The highest BCUT2D eigenvalue weighted by molar-refractivity contribution is 5.94. The second-order valence-corrected chi connectivity index (χ2v) is 7.82. The molecule has 10 nitrogen and oxygen atoms in total. The number of aliphatic hydroxyl groups excluding tert-OH is 1. The predicted molar refractivity (Wildman–Crippen MR) is 114 cm³/mol. The van der Waals surface area contributed by atoms with Gasteiger partial charge < -0.3 is 31.9 Å². The third kappa shape index (κ3) is 8.35. The highest BCUT2D eigenvalue weighted by Crippen LogP contribution is 2.08. The number of hydrogen-bond donors (Lipinski definition) is 6. The van der Waals surface area contributed by atoms with Crippen LogP contribution < -0.4 is 21.7 Å². The fraction of sp³-hybridized carbons (Fsp3) is 0.524. The zero-order chi connectivity index (χ0) is 23.7. The molecule has 7 N–H and O–H groups in total. The van der Waals surface area contributed by atoms with Crippen LogP contribution in [0, 0.1) is 5.92 Å². The van der Waals surface area contributed by atoms with Gasteiger partial charge in [-0.1, -0.05) is 44.2 Å². The molecule has 10 heteroatoms. The number of carboxylic acids is 1. The highest BCUT2D eigenvalue weighted by Gasteiger charge is 2.31. The molecule has 0 bridgehead atoms. The van der Waals surface area contributed by atoms with Crippen LogP contribution in [0.5, 0.6) is 0 Å². The maximum Gasteiger partial charge on any atom is 0.325 e. The summed E-state index contributed by atoms with van der Waals surface area (Å²) < 4.78 is 0. The summed E-state index contributed by atoms with van der Waals surface area (Å²) in [6, 6.07) is 4.49. The third-order valence-corrected chi connectivity index (χ3v) is 4.71. The first-order valence-electron chi connectivity index (χ1n) is 10.1. The topological polar surface area (TPSA) is 171 Å². The van der Waals surface area contributed by atoms with Crippen molar-refractivity contribution in [3.63, 3.8) is 0 Å². The summed E-state index contributed by atoms with van der Waals surface area (Å²) in [5.74, 6) is -3.55. The number of nitrogens with two attached hydrogens (primary N) is 1. The average molecular weight is 437 g/mol. The molecule has 0 aliphatic rings. The number of rotatable bonds is 11. The number of carbonyl (C=O) groups excluding carboxylic acids is 3. The van der Waals surface area contributed by atoms with Crippen LogP contribution in [0.3, 0.4) is 0 Å². The Labute approximate surface area is 181 Å². The SMILES string of the molecule is CC(NC(=O)C(NC(=O)C(Cc1ccccc1)NC(=O)C(N)C(C)O)C(C)C)C(=O)O. The van der Waals surface area contributed by atoms with Crippen LogP contribution in [0.25, 0.3) is 0 Å². The minimum Gasteiger partial charge on any atom is -0.480 e. The van der Waals surface area contributed by atoms with E-state index in [2.05, 4.69) is 16.0 Å². The summed E-state index contributed by atoms with van der Waals surface area (Å²) in [5.41, 5.74) is 6.43. The molecule has 5 atom stereocenters. The van der Waals surface area contributed by atoms with E-state index in [9.17, 15) is 24.3 Å². The van der Waals surface area contributed by atoms with Gasteiger partial charge in [0.15, 0.2) is 0 Å². The van der Waals surface area contributed by atoms with Crippen LogP contribution in [-0.2, 0) is 25.6 Å². The van der Waals surface area contributed by atoms with Crippen molar-refractivity contribution < 1.29 is 29.4 Å². The maximum absolute atomic E-state index is 13.0. The summed E-state index contributed by atoms with van der Waals surface area (Å²) in [5, 5.41) is 26.0. The molecule has 0 spiro atoms. The van der Waals surface area contributed by atoms with Gasteiger partial charge in [0.05, 0.1) is 6.10 Å². The zero-order valence-corrected chi connectivity index (χ0v) is 18.2. The van der Waals surface area contributed by atoms with E-state index in [0.717, 1.165) is 5.56 Å². The number of carboxylic acid groups (broad SMARTS) is 1. The average Bonchev–Trinajstić information content (AvgIpc) is 2.70. The van der Waals surface area contributed by atoms with Gasteiger partial charge in [-0.3, -0.25) is 19.2 Å². The Morgan fingerprint density at radius 2 is 1.48 bits per heavy atom. The van der Waals surface area contributed by atoms with Crippen molar-refractivity contribution >= 4 is 23.7 Å². The lowest BCUT2D eigenvalue weighted by Gasteiger charge is -2.27. The van der Waals surface area contributed by atoms with Crippen LogP contribution in [0.2, 0.25) is 0 Å². The Balaban J connectivity index is 3.03. The number of amides is 3. The third-order valence-electron chi connectivity index (χ3n) is 4.71. The molecule has 0 aliphatic carbocycles. The van der Waals surface area contributed by atoms with Gasteiger partial charge in [0, 0.05) is 6.42 Å². The Bertz CT molecular complexity index is 768. The number of nitrogens with one attached hydrogen (secondary N) is 3. The van der Waals surface area contributed by atoms with E-state index in [0.29, 0.717) is 0 Å². The lowest BCUT2D eigenvalue weighted by Crippen LogP contribution is -2.59. The van der Waals surface area contributed by atoms with Gasteiger partial charge in [-0.05, 0) is 25.3 Å². The largest absolute Gasteiger partial charge is 0.480 e. The van der Waals surface area contributed by atoms with E-state index in [1.165, 1.54) is 13.8 Å². The molecule has 172 valence electrons. The molecule has 1 aromatic carbocycles. The molecule has 0 aliphatic heterocycles. The second-order valence-electron chi connectivity index (χ2n) is 7.82. The van der Waals surface area contributed by atoms with Gasteiger partial charge in [0.1, 0.15) is 24.2 Å².